The highest BCUT2D eigenvalue weighted by molar-refractivity contribution is 5.79. The highest BCUT2D eigenvalue weighted by Gasteiger charge is 2.38. The lowest BCUT2D eigenvalue weighted by Gasteiger charge is -2.15. The molecule has 0 aliphatic carbocycles. The molecular weight excluding hydrogens is 235 g/mol. The quantitative estimate of drug-likeness (QED) is 0.783. The lowest BCUT2D eigenvalue weighted by molar-refractivity contribution is -0.142. The van der Waals surface area contributed by atoms with Crippen LogP contribution in [-0.4, -0.2) is 17.4 Å². The minimum absolute atomic E-state index is 0.0186. The van der Waals surface area contributed by atoms with Crippen LogP contribution in [0.4, 0.5) is 19.0 Å². The summed E-state index contributed by atoms with van der Waals surface area (Å²) in [6.07, 6.45) is -4.51. The van der Waals surface area contributed by atoms with E-state index in [1.807, 2.05) is 0 Å². The monoisotopic (exact) mass is 245 g/mol. The molecule has 1 fully saturated rings. The van der Waals surface area contributed by atoms with Gasteiger partial charge < -0.3 is 11.1 Å². The van der Waals surface area contributed by atoms with Gasteiger partial charge >= 0.3 is 6.18 Å². The molecule has 92 valence electrons. The Morgan fingerprint density at radius 1 is 1.41 bits per heavy atom. The van der Waals surface area contributed by atoms with E-state index in [2.05, 4.69) is 10.3 Å². The SMILES string of the molecule is Nc1ccc([C@H]2CNC(=O)C2)c(C(F)(F)F)n1. The second-order valence-electron chi connectivity index (χ2n) is 3.88. The highest BCUT2D eigenvalue weighted by Crippen LogP contribution is 2.36. The van der Waals surface area contributed by atoms with Gasteiger partial charge in [0.15, 0.2) is 0 Å². The summed E-state index contributed by atoms with van der Waals surface area (Å²) in [5.41, 5.74) is 4.27. The van der Waals surface area contributed by atoms with Crippen LogP contribution in [0.1, 0.15) is 23.6 Å². The molecule has 0 unspecified atom stereocenters. The number of anilines is 1. The van der Waals surface area contributed by atoms with Crippen molar-refractivity contribution in [3.8, 4) is 0 Å². The number of alkyl halides is 3. The number of nitrogens with one attached hydrogen (secondary N) is 1. The number of carbonyl (C=O) groups excluding carboxylic acids is 1. The second-order valence-corrected chi connectivity index (χ2v) is 3.88. The lowest BCUT2D eigenvalue weighted by Crippen LogP contribution is -2.17. The Bertz CT molecular complexity index is 459. The number of nitrogens with two attached hydrogens (primary N) is 1. The third kappa shape index (κ3) is 2.32. The van der Waals surface area contributed by atoms with E-state index in [1.54, 1.807) is 0 Å². The number of amides is 1. The van der Waals surface area contributed by atoms with Crippen molar-refractivity contribution in [1.82, 2.24) is 10.3 Å². The van der Waals surface area contributed by atoms with Gasteiger partial charge in [0, 0.05) is 18.9 Å². The zero-order valence-corrected chi connectivity index (χ0v) is 8.71. The number of nitrogen functional groups attached to an aromatic ring is 1. The number of carbonyl (C=O) groups is 1. The zero-order chi connectivity index (χ0) is 12.6. The number of nitrogens with zero attached hydrogens (tertiary/aromatic N) is 1. The van der Waals surface area contributed by atoms with Gasteiger partial charge in [-0.05, 0) is 11.6 Å². The first-order chi connectivity index (χ1) is 7.88. The van der Waals surface area contributed by atoms with Crippen molar-refractivity contribution in [2.24, 2.45) is 0 Å². The van der Waals surface area contributed by atoms with E-state index in [-0.39, 0.29) is 30.3 Å². The molecular formula is C10H10F3N3O. The Hall–Kier alpha value is -1.79. The van der Waals surface area contributed by atoms with Crippen molar-refractivity contribution in [2.45, 2.75) is 18.5 Å². The molecule has 1 atom stereocenters. The van der Waals surface area contributed by atoms with Gasteiger partial charge in [-0.3, -0.25) is 4.79 Å². The Balaban J connectivity index is 2.43. The van der Waals surface area contributed by atoms with Gasteiger partial charge in [0.2, 0.25) is 5.91 Å². The minimum Gasteiger partial charge on any atom is -0.384 e. The minimum atomic E-state index is -4.56. The summed E-state index contributed by atoms with van der Waals surface area (Å²) in [4.78, 5) is 14.3. The van der Waals surface area contributed by atoms with Crippen molar-refractivity contribution in [3.05, 3.63) is 23.4 Å². The van der Waals surface area contributed by atoms with Gasteiger partial charge in [0.05, 0.1) is 0 Å². The molecule has 17 heavy (non-hydrogen) atoms. The van der Waals surface area contributed by atoms with Crippen LogP contribution in [0.3, 0.4) is 0 Å². The van der Waals surface area contributed by atoms with Gasteiger partial charge in [-0.15, -0.1) is 0 Å². The highest BCUT2D eigenvalue weighted by atomic mass is 19.4. The van der Waals surface area contributed by atoms with Crippen molar-refractivity contribution in [2.75, 3.05) is 12.3 Å². The molecule has 0 spiro atoms. The van der Waals surface area contributed by atoms with E-state index < -0.39 is 17.8 Å². The topological polar surface area (TPSA) is 68.0 Å². The number of hydrogen-bond donors (Lipinski definition) is 2. The van der Waals surface area contributed by atoms with E-state index in [1.165, 1.54) is 12.1 Å². The molecule has 0 radical (unpaired) electrons. The number of hydrogen-bond acceptors (Lipinski definition) is 3. The molecule has 1 saturated heterocycles. The van der Waals surface area contributed by atoms with Crippen molar-refractivity contribution >= 4 is 11.7 Å². The molecule has 1 amide bonds. The number of rotatable bonds is 1. The van der Waals surface area contributed by atoms with E-state index in [0.717, 1.165) is 0 Å². The van der Waals surface area contributed by atoms with Gasteiger partial charge in [0.25, 0.3) is 0 Å². The molecule has 1 aromatic rings. The first kappa shape index (κ1) is 11.7. The predicted octanol–water partition coefficient (Wildman–Crippen LogP) is 1.29. The maximum absolute atomic E-state index is 12.8. The molecule has 1 aromatic heterocycles. The molecule has 3 N–H and O–H groups in total. The fourth-order valence-electron chi connectivity index (χ4n) is 1.87. The summed E-state index contributed by atoms with van der Waals surface area (Å²) in [6, 6.07) is 2.60. The van der Waals surface area contributed by atoms with Crippen LogP contribution < -0.4 is 11.1 Å². The summed E-state index contributed by atoms with van der Waals surface area (Å²) >= 11 is 0. The third-order valence-electron chi connectivity index (χ3n) is 2.63. The smallest absolute Gasteiger partial charge is 0.384 e. The van der Waals surface area contributed by atoms with Crippen LogP contribution in [0.2, 0.25) is 0 Å². The molecule has 0 aromatic carbocycles. The van der Waals surface area contributed by atoms with Crippen LogP contribution >= 0.6 is 0 Å². The maximum atomic E-state index is 12.8. The molecule has 7 heteroatoms. The zero-order valence-electron chi connectivity index (χ0n) is 8.71. The number of halogens is 3. The Morgan fingerprint density at radius 3 is 2.65 bits per heavy atom. The average molecular weight is 245 g/mol. The second kappa shape index (κ2) is 3.90. The number of pyridine rings is 1. The lowest BCUT2D eigenvalue weighted by atomic mass is 9.96. The normalized spacial score (nSPS) is 20.4. The Labute approximate surface area is 95.0 Å². The van der Waals surface area contributed by atoms with Crippen molar-refractivity contribution in [3.63, 3.8) is 0 Å². The van der Waals surface area contributed by atoms with E-state index in [9.17, 15) is 18.0 Å². The molecule has 0 bridgehead atoms. The average Bonchev–Trinajstić information content (AvgIpc) is 2.63. The molecule has 2 heterocycles. The maximum Gasteiger partial charge on any atom is 0.433 e. The van der Waals surface area contributed by atoms with Gasteiger partial charge in [-0.25, -0.2) is 4.98 Å². The van der Waals surface area contributed by atoms with E-state index >= 15 is 0 Å². The molecule has 0 saturated carbocycles. The first-order valence-electron chi connectivity index (χ1n) is 4.98. The van der Waals surface area contributed by atoms with Crippen LogP contribution in [-0.2, 0) is 11.0 Å². The first-order valence-corrected chi connectivity index (χ1v) is 4.98. The van der Waals surface area contributed by atoms with E-state index in [4.69, 9.17) is 5.73 Å². The van der Waals surface area contributed by atoms with Crippen molar-refractivity contribution in [1.29, 1.82) is 0 Å². The number of aromatic nitrogens is 1. The summed E-state index contributed by atoms with van der Waals surface area (Å²) in [5, 5.41) is 2.50. The van der Waals surface area contributed by atoms with Crippen LogP contribution in [0, 0.1) is 0 Å². The van der Waals surface area contributed by atoms with Crippen LogP contribution in [0.5, 0.6) is 0 Å². The standard InChI is InChI=1S/C10H10F3N3O/c11-10(12,13)9-6(1-2-7(14)16-9)5-3-8(17)15-4-5/h1-2,5H,3-4H2,(H2,14,16)(H,15,17)/t5-/m1/s1. The van der Waals surface area contributed by atoms with Gasteiger partial charge in [-0.2, -0.15) is 13.2 Å². The van der Waals surface area contributed by atoms with Gasteiger partial charge in [0.1, 0.15) is 11.5 Å². The van der Waals surface area contributed by atoms with Crippen LogP contribution in [0.25, 0.3) is 0 Å². The van der Waals surface area contributed by atoms with Crippen LogP contribution in [0.15, 0.2) is 12.1 Å². The molecule has 1 aliphatic rings. The summed E-state index contributed by atoms with van der Waals surface area (Å²) < 4.78 is 38.3. The molecule has 1 aliphatic heterocycles. The summed E-state index contributed by atoms with van der Waals surface area (Å²) in [6.45, 7) is 0.202. The summed E-state index contributed by atoms with van der Waals surface area (Å²) in [7, 11) is 0. The fourth-order valence-corrected chi connectivity index (χ4v) is 1.87. The summed E-state index contributed by atoms with van der Waals surface area (Å²) in [5.74, 6) is -0.925. The Kier molecular flexibility index (Phi) is 2.68. The van der Waals surface area contributed by atoms with Gasteiger partial charge in [-0.1, -0.05) is 6.07 Å². The van der Waals surface area contributed by atoms with E-state index in [0.29, 0.717) is 0 Å². The Morgan fingerprint density at radius 2 is 2.12 bits per heavy atom. The third-order valence-corrected chi connectivity index (χ3v) is 2.63. The molecule has 2 rings (SSSR count). The largest absolute Gasteiger partial charge is 0.433 e. The predicted molar refractivity (Wildman–Crippen MR) is 54.0 cm³/mol. The molecule has 4 nitrogen and oxygen atoms in total. The van der Waals surface area contributed by atoms with Crippen molar-refractivity contribution < 1.29 is 18.0 Å². The fraction of sp³-hybridized carbons (Fsp3) is 0.400.